The van der Waals surface area contributed by atoms with Crippen LogP contribution in [0.2, 0.25) is 0 Å². The van der Waals surface area contributed by atoms with Gasteiger partial charge in [0.2, 0.25) is 5.91 Å². The zero-order valence-electron chi connectivity index (χ0n) is 25.3. The van der Waals surface area contributed by atoms with E-state index in [0.29, 0.717) is 18.6 Å². The van der Waals surface area contributed by atoms with Crippen LogP contribution in [0.15, 0.2) is 140 Å². The molecule has 1 saturated heterocycles. The number of ether oxygens (including phenoxy) is 1. The summed E-state index contributed by atoms with van der Waals surface area (Å²) < 4.78 is 5.92. The van der Waals surface area contributed by atoms with Crippen LogP contribution in [0.5, 0.6) is 5.75 Å². The summed E-state index contributed by atoms with van der Waals surface area (Å²) in [5.74, 6) is 0.952. The van der Waals surface area contributed by atoms with Crippen molar-refractivity contribution in [2.75, 3.05) is 23.3 Å². The Hall–Kier alpha value is -5.16. The van der Waals surface area contributed by atoms with Gasteiger partial charge in [0, 0.05) is 42.0 Å². The number of hydrogen-bond donors (Lipinski definition) is 1. The third kappa shape index (κ3) is 7.68. The highest BCUT2D eigenvalue weighted by atomic mass is 16.5. The maximum atomic E-state index is 13.6. The predicted octanol–water partition coefficient (Wildman–Crippen LogP) is 8.33. The zero-order chi connectivity index (χ0) is 30.8. The molecule has 1 aliphatic rings. The minimum absolute atomic E-state index is 0.0491. The summed E-state index contributed by atoms with van der Waals surface area (Å²) in [6.07, 6.45) is 2.17. The molecule has 1 fully saturated rings. The van der Waals surface area contributed by atoms with Crippen LogP contribution in [0, 0.1) is 5.92 Å². The van der Waals surface area contributed by atoms with E-state index in [4.69, 9.17) is 4.74 Å². The molecule has 0 saturated carbocycles. The summed E-state index contributed by atoms with van der Waals surface area (Å²) in [7, 11) is 0. The lowest BCUT2D eigenvalue weighted by atomic mass is 9.79. The van der Waals surface area contributed by atoms with Crippen LogP contribution >= 0.6 is 0 Å². The number of benzene rings is 5. The molecule has 226 valence electrons. The predicted molar refractivity (Wildman–Crippen MR) is 181 cm³/mol. The topological polar surface area (TPSA) is 58.6 Å². The van der Waals surface area contributed by atoms with E-state index in [-0.39, 0.29) is 23.5 Å². The highest BCUT2D eigenvalue weighted by Crippen LogP contribution is 2.35. The van der Waals surface area contributed by atoms with E-state index < -0.39 is 0 Å². The van der Waals surface area contributed by atoms with Crippen molar-refractivity contribution in [3.63, 3.8) is 0 Å². The van der Waals surface area contributed by atoms with E-state index in [1.807, 2.05) is 103 Å². The molecule has 5 heteroatoms. The maximum absolute atomic E-state index is 13.6. The van der Waals surface area contributed by atoms with Crippen LogP contribution in [0.25, 0.3) is 0 Å². The van der Waals surface area contributed by atoms with E-state index in [1.54, 1.807) is 0 Å². The van der Waals surface area contributed by atoms with E-state index in [0.717, 1.165) is 59.7 Å². The smallest absolute Gasteiger partial charge is 0.232 e. The highest BCUT2D eigenvalue weighted by molar-refractivity contribution is 5.99. The van der Waals surface area contributed by atoms with Crippen LogP contribution in [0.4, 0.5) is 11.4 Å². The lowest BCUT2D eigenvalue weighted by Crippen LogP contribution is -2.38. The average molecular weight is 595 g/mol. The highest BCUT2D eigenvalue weighted by Gasteiger charge is 2.33. The van der Waals surface area contributed by atoms with Crippen LogP contribution < -0.4 is 15.0 Å². The second-order valence-electron chi connectivity index (χ2n) is 11.6. The molecular formula is C40H38N2O3. The first-order chi connectivity index (χ1) is 22.1. The molecule has 1 amide bonds. The third-order valence-electron chi connectivity index (χ3n) is 8.61. The molecule has 1 atom stereocenters. The molecule has 1 unspecified atom stereocenters. The Bertz CT molecular complexity index is 1680. The maximum Gasteiger partial charge on any atom is 0.232 e. The molecule has 45 heavy (non-hydrogen) atoms. The number of rotatable bonds is 11. The molecular weight excluding hydrogens is 556 g/mol. The lowest BCUT2D eigenvalue weighted by molar-refractivity contribution is -0.119. The molecule has 5 aromatic carbocycles. The van der Waals surface area contributed by atoms with E-state index in [9.17, 15) is 9.59 Å². The van der Waals surface area contributed by atoms with E-state index in [2.05, 4.69) is 46.6 Å². The number of anilines is 2. The van der Waals surface area contributed by atoms with Gasteiger partial charge in [-0.2, -0.15) is 0 Å². The fourth-order valence-electron chi connectivity index (χ4n) is 6.23. The van der Waals surface area contributed by atoms with E-state index >= 15 is 0 Å². The number of amides is 1. The number of nitrogens with one attached hydrogen (secondary N) is 1. The second-order valence-corrected chi connectivity index (χ2v) is 11.6. The Morgan fingerprint density at radius 2 is 1.31 bits per heavy atom. The second kappa shape index (κ2) is 14.5. The Kier molecular flexibility index (Phi) is 9.66. The summed E-state index contributed by atoms with van der Waals surface area (Å²) in [4.78, 5) is 29.3. The van der Waals surface area contributed by atoms with Gasteiger partial charge in [-0.15, -0.1) is 0 Å². The molecule has 0 spiro atoms. The SMILES string of the molecule is O=C(Cc1ccc(N2CCC(C(C(=O)Nc3ccccc3)c3ccccc3)CC2)cc1)c1ccccc1COc1ccccc1. The van der Waals surface area contributed by atoms with Gasteiger partial charge in [0.25, 0.3) is 0 Å². The van der Waals surface area contributed by atoms with Crippen molar-refractivity contribution < 1.29 is 14.3 Å². The van der Waals surface area contributed by atoms with Crippen LogP contribution in [-0.2, 0) is 17.8 Å². The number of Topliss-reactive ketones (excluding diaryl/α,β-unsaturated/α-hetero) is 1. The number of hydrogen-bond acceptors (Lipinski definition) is 4. The third-order valence-corrected chi connectivity index (χ3v) is 8.61. The monoisotopic (exact) mass is 594 g/mol. The van der Waals surface area contributed by atoms with Gasteiger partial charge < -0.3 is 15.0 Å². The number of carbonyl (C=O) groups is 2. The summed E-state index contributed by atoms with van der Waals surface area (Å²) >= 11 is 0. The average Bonchev–Trinajstić information content (AvgIpc) is 3.10. The van der Waals surface area contributed by atoms with Gasteiger partial charge in [0.05, 0.1) is 5.92 Å². The van der Waals surface area contributed by atoms with Gasteiger partial charge in [-0.1, -0.05) is 103 Å². The van der Waals surface area contributed by atoms with Crippen molar-refractivity contribution in [3.05, 3.63) is 162 Å². The molecule has 1 N–H and O–H groups in total. The first-order valence-electron chi connectivity index (χ1n) is 15.7. The number of para-hydroxylation sites is 2. The largest absolute Gasteiger partial charge is 0.489 e. The van der Waals surface area contributed by atoms with E-state index in [1.165, 1.54) is 0 Å². The molecule has 6 rings (SSSR count). The Morgan fingerprint density at radius 3 is 2.00 bits per heavy atom. The molecule has 5 aromatic rings. The van der Waals surface area contributed by atoms with Gasteiger partial charge in [-0.05, 0) is 66.3 Å². The minimum atomic E-state index is -0.206. The summed E-state index contributed by atoms with van der Waals surface area (Å²) in [6.45, 7) is 2.10. The van der Waals surface area contributed by atoms with Gasteiger partial charge in [-0.3, -0.25) is 9.59 Å². The fourth-order valence-corrected chi connectivity index (χ4v) is 6.23. The fraction of sp³-hybridized carbons (Fsp3) is 0.200. The Labute approximate surface area is 265 Å². The first kappa shape index (κ1) is 29.9. The molecule has 1 heterocycles. The van der Waals surface area contributed by atoms with Crippen LogP contribution in [-0.4, -0.2) is 24.8 Å². The van der Waals surface area contributed by atoms with Crippen molar-refractivity contribution in [3.8, 4) is 5.75 Å². The standard InChI is InChI=1S/C40H38N2O3/c43-38(37-19-11-10-14-33(37)29-45-36-17-8-3-9-18-36)28-30-20-22-35(23-21-30)42-26-24-32(25-27-42)39(31-12-4-1-5-13-31)40(44)41-34-15-6-2-7-16-34/h1-23,32,39H,24-29H2,(H,41,44). The van der Waals surface area contributed by atoms with Gasteiger partial charge in [-0.25, -0.2) is 0 Å². The number of carbonyl (C=O) groups excluding carboxylic acids is 2. The molecule has 0 radical (unpaired) electrons. The van der Waals surface area contributed by atoms with Crippen molar-refractivity contribution >= 4 is 23.1 Å². The lowest BCUT2D eigenvalue weighted by Gasteiger charge is -2.37. The van der Waals surface area contributed by atoms with Gasteiger partial charge >= 0.3 is 0 Å². The zero-order valence-corrected chi connectivity index (χ0v) is 25.3. The quantitative estimate of drug-likeness (QED) is 0.156. The molecule has 5 nitrogen and oxygen atoms in total. The normalized spacial score (nSPS) is 14.0. The van der Waals surface area contributed by atoms with Crippen molar-refractivity contribution in [2.45, 2.75) is 31.8 Å². The number of piperidine rings is 1. The van der Waals surface area contributed by atoms with Crippen LogP contribution in [0.3, 0.4) is 0 Å². The van der Waals surface area contributed by atoms with Gasteiger partial charge in [0.1, 0.15) is 12.4 Å². The van der Waals surface area contributed by atoms with Crippen LogP contribution in [0.1, 0.15) is 45.8 Å². The number of ketones is 1. The van der Waals surface area contributed by atoms with Gasteiger partial charge in [0.15, 0.2) is 5.78 Å². The number of nitrogens with zero attached hydrogens (tertiary/aromatic N) is 1. The summed E-state index contributed by atoms with van der Waals surface area (Å²) in [5.41, 5.74) is 5.60. The molecule has 1 aliphatic heterocycles. The molecule has 0 aromatic heterocycles. The summed E-state index contributed by atoms with van der Waals surface area (Å²) in [6, 6.07) is 45.5. The Balaban J connectivity index is 1.07. The molecule has 0 aliphatic carbocycles. The summed E-state index contributed by atoms with van der Waals surface area (Å²) in [5, 5.41) is 3.15. The Morgan fingerprint density at radius 1 is 0.711 bits per heavy atom. The molecule has 0 bridgehead atoms. The first-order valence-corrected chi connectivity index (χ1v) is 15.7. The van der Waals surface area contributed by atoms with Crippen molar-refractivity contribution in [2.24, 2.45) is 5.92 Å². The minimum Gasteiger partial charge on any atom is -0.489 e. The van der Waals surface area contributed by atoms with Crippen molar-refractivity contribution in [1.29, 1.82) is 0 Å². The van der Waals surface area contributed by atoms with Crippen molar-refractivity contribution in [1.82, 2.24) is 0 Å².